The standard InChI is InChI=1S/C22H22N4O/c23-22-24-15-18(16-9-3-1-4-10-16)20(25-22)19-13-7-8-14-26(19)21(27)17-11-5-2-6-12-17/h1-6,9-12,15,19H,7-8,13-14H2,(H2,23,24,25)/t19-/m0/s1. The summed E-state index contributed by atoms with van der Waals surface area (Å²) in [5.41, 5.74) is 9.42. The Labute approximate surface area is 158 Å². The van der Waals surface area contributed by atoms with Gasteiger partial charge in [0.25, 0.3) is 5.91 Å². The molecule has 136 valence electrons. The van der Waals surface area contributed by atoms with Gasteiger partial charge in [0.05, 0.1) is 11.7 Å². The molecule has 1 saturated heterocycles. The number of aromatic nitrogens is 2. The number of hydrogen-bond acceptors (Lipinski definition) is 4. The highest BCUT2D eigenvalue weighted by Crippen LogP contribution is 2.36. The Kier molecular flexibility index (Phi) is 4.83. The van der Waals surface area contributed by atoms with E-state index in [0.717, 1.165) is 42.6 Å². The van der Waals surface area contributed by atoms with Gasteiger partial charge in [0.15, 0.2) is 0 Å². The molecule has 2 heterocycles. The SMILES string of the molecule is Nc1ncc(-c2ccccc2)c([C@@H]2CCCCN2C(=O)c2ccccc2)n1. The van der Waals surface area contributed by atoms with Crippen molar-refractivity contribution in [1.29, 1.82) is 0 Å². The first kappa shape index (κ1) is 17.2. The van der Waals surface area contributed by atoms with Gasteiger partial charge in [-0.1, -0.05) is 48.5 Å². The highest BCUT2D eigenvalue weighted by molar-refractivity contribution is 5.94. The molecule has 0 spiro atoms. The average Bonchev–Trinajstić information content (AvgIpc) is 2.74. The molecule has 0 aliphatic carbocycles. The number of piperidine rings is 1. The number of amides is 1. The summed E-state index contributed by atoms with van der Waals surface area (Å²) in [7, 11) is 0. The molecule has 1 amide bonds. The molecule has 27 heavy (non-hydrogen) atoms. The van der Waals surface area contributed by atoms with Crippen molar-refractivity contribution in [3.05, 3.63) is 78.1 Å². The van der Waals surface area contributed by atoms with Crippen LogP contribution in [-0.4, -0.2) is 27.3 Å². The van der Waals surface area contributed by atoms with Crippen LogP contribution in [-0.2, 0) is 0 Å². The number of anilines is 1. The van der Waals surface area contributed by atoms with E-state index in [1.165, 1.54) is 0 Å². The van der Waals surface area contributed by atoms with E-state index in [2.05, 4.69) is 9.97 Å². The maximum Gasteiger partial charge on any atom is 0.254 e. The summed E-state index contributed by atoms with van der Waals surface area (Å²) < 4.78 is 0. The lowest BCUT2D eigenvalue weighted by Crippen LogP contribution is -2.39. The number of carbonyl (C=O) groups excluding carboxylic acids is 1. The van der Waals surface area contributed by atoms with E-state index in [1.807, 2.05) is 65.6 Å². The van der Waals surface area contributed by atoms with Crippen LogP contribution in [0.1, 0.15) is 41.4 Å². The first-order valence-electron chi connectivity index (χ1n) is 9.28. The van der Waals surface area contributed by atoms with Gasteiger partial charge in [-0.05, 0) is 37.0 Å². The Hall–Kier alpha value is -3.21. The molecule has 2 aromatic carbocycles. The van der Waals surface area contributed by atoms with Gasteiger partial charge in [-0.25, -0.2) is 9.97 Å². The van der Waals surface area contributed by atoms with Crippen LogP contribution < -0.4 is 5.73 Å². The lowest BCUT2D eigenvalue weighted by Gasteiger charge is -2.36. The van der Waals surface area contributed by atoms with Gasteiger partial charge in [0.1, 0.15) is 0 Å². The van der Waals surface area contributed by atoms with Gasteiger partial charge in [0, 0.05) is 23.9 Å². The quantitative estimate of drug-likeness (QED) is 0.765. The number of hydrogen-bond donors (Lipinski definition) is 1. The van der Waals surface area contributed by atoms with Gasteiger partial charge < -0.3 is 10.6 Å². The second-order valence-electron chi connectivity index (χ2n) is 6.77. The van der Waals surface area contributed by atoms with Crippen molar-refractivity contribution in [2.24, 2.45) is 0 Å². The lowest BCUT2D eigenvalue weighted by molar-refractivity contribution is 0.0607. The van der Waals surface area contributed by atoms with E-state index in [1.54, 1.807) is 6.20 Å². The van der Waals surface area contributed by atoms with Gasteiger partial charge in [0.2, 0.25) is 5.95 Å². The van der Waals surface area contributed by atoms with Crippen molar-refractivity contribution in [3.8, 4) is 11.1 Å². The minimum atomic E-state index is -0.105. The third kappa shape index (κ3) is 3.53. The monoisotopic (exact) mass is 358 g/mol. The predicted octanol–water partition coefficient (Wildman–Crippen LogP) is 4.09. The number of nitrogens with two attached hydrogens (primary N) is 1. The van der Waals surface area contributed by atoms with E-state index >= 15 is 0 Å². The highest BCUT2D eigenvalue weighted by Gasteiger charge is 2.31. The van der Waals surface area contributed by atoms with Crippen LogP contribution in [0.15, 0.2) is 66.9 Å². The largest absolute Gasteiger partial charge is 0.368 e. The molecule has 5 nitrogen and oxygen atoms in total. The van der Waals surface area contributed by atoms with E-state index in [0.29, 0.717) is 5.56 Å². The van der Waals surface area contributed by atoms with Gasteiger partial charge in [-0.2, -0.15) is 0 Å². The summed E-state index contributed by atoms with van der Waals surface area (Å²) in [5, 5.41) is 0. The Morgan fingerprint density at radius 3 is 2.44 bits per heavy atom. The molecule has 3 aromatic rings. The summed E-state index contributed by atoms with van der Waals surface area (Å²) in [6.07, 6.45) is 4.69. The number of likely N-dealkylation sites (tertiary alicyclic amines) is 1. The van der Waals surface area contributed by atoms with Crippen LogP contribution in [0.4, 0.5) is 5.95 Å². The zero-order valence-electron chi connectivity index (χ0n) is 15.1. The van der Waals surface area contributed by atoms with Crippen molar-refractivity contribution >= 4 is 11.9 Å². The number of carbonyl (C=O) groups is 1. The smallest absolute Gasteiger partial charge is 0.254 e. The minimum absolute atomic E-state index is 0.0384. The second-order valence-corrected chi connectivity index (χ2v) is 6.77. The van der Waals surface area contributed by atoms with E-state index in [-0.39, 0.29) is 17.9 Å². The number of nitrogen functional groups attached to an aromatic ring is 1. The lowest BCUT2D eigenvalue weighted by atomic mass is 9.93. The van der Waals surface area contributed by atoms with Gasteiger partial charge >= 0.3 is 0 Å². The zero-order valence-corrected chi connectivity index (χ0v) is 15.1. The van der Waals surface area contributed by atoms with Crippen LogP contribution >= 0.6 is 0 Å². The topological polar surface area (TPSA) is 72.1 Å². The average molecular weight is 358 g/mol. The Morgan fingerprint density at radius 2 is 1.70 bits per heavy atom. The fraction of sp³-hybridized carbons (Fsp3) is 0.227. The van der Waals surface area contributed by atoms with Crippen molar-refractivity contribution in [1.82, 2.24) is 14.9 Å². The minimum Gasteiger partial charge on any atom is -0.368 e. The first-order valence-corrected chi connectivity index (χ1v) is 9.28. The molecule has 1 aliphatic heterocycles. The van der Waals surface area contributed by atoms with E-state index < -0.39 is 0 Å². The fourth-order valence-electron chi connectivity index (χ4n) is 3.71. The Balaban J connectivity index is 1.76. The summed E-state index contributed by atoms with van der Waals surface area (Å²) in [6.45, 7) is 0.719. The molecule has 0 radical (unpaired) electrons. The Morgan fingerprint density at radius 1 is 1.00 bits per heavy atom. The first-order chi connectivity index (χ1) is 13.2. The third-order valence-electron chi connectivity index (χ3n) is 5.02. The van der Waals surface area contributed by atoms with E-state index in [4.69, 9.17) is 5.73 Å². The molecule has 0 saturated carbocycles. The molecule has 0 unspecified atom stereocenters. The molecular weight excluding hydrogens is 336 g/mol. The molecule has 1 aromatic heterocycles. The zero-order chi connectivity index (χ0) is 18.6. The molecule has 2 N–H and O–H groups in total. The normalized spacial score (nSPS) is 16.9. The number of rotatable bonds is 3. The maximum atomic E-state index is 13.2. The number of nitrogens with zero attached hydrogens (tertiary/aromatic N) is 3. The van der Waals surface area contributed by atoms with Crippen molar-refractivity contribution in [2.45, 2.75) is 25.3 Å². The number of benzene rings is 2. The summed E-state index contributed by atoms with van der Waals surface area (Å²) in [4.78, 5) is 23.9. The molecule has 1 fully saturated rings. The summed E-state index contributed by atoms with van der Waals surface area (Å²) in [5.74, 6) is 0.277. The van der Waals surface area contributed by atoms with Crippen LogP contribution in [0, 0.1) is 0 Å². The second kappa shape index (κ2) is 7.58. The molecular formula is C22H22N4O. The van der Waals surface area contributed by atoms with Crippen molar-refractivity contribution in [3.63, 3.8) is 0 Å². The summed E-state index contributed by atoms with van der Waals surface area (Å²) >= 11 is 0. The maximum absolute atomic E-state index is 13.2. The van der Waals surface area contributed by atoms with Crippen LogP contribution in [0.5, 0.6) is 0 Å². The van der Waals surface area contributed by atoms with Gasteiger partial charge in [-0.3, -0.25) is 4.79 Å². The van der Waals surface area contributed by atoms with Gasteiger partial charge in [-0.15, -0.1) is 0 Å². The Bertz CT molecular complexity index is 928. The van der Waals surface area contributed by atoms with Crippen LogP contribution in [0.25, 0.3) is 11.1 Å². The molecule has 4 rings (SSSR count). The van der Waals surface area contributed by atoms with Crippen LogP contribution in [0.3, 0.4) is 0 Å². The van der Waals surface area contributed by atoms with Crippen molar-refractivity contribution in [2.75, 3.05) is 12.3 Å². The molecule has 5 heteroatoms. The third-order valence-corrected chi connectivity index (χ3v) is 5.02. The van der Waals surface area contributed by atoms with Crippen molar-refractivity contribution < 1.29 is 4.79 Å². The highest BCUT2D eigenvalue weighted by atomic mass is 16.2. The van der Waals surface area contributed by atoms with Crippen LogP contribution in [0.2, 0.25) is 0 Å². The molecule has 1 atom stereocenters. The van der Waals surface area contributed by atoms with E-state index in [9.17, 15) is 4.79 Å². The predicted molar refractivity (Wildman–Crippen MR) is 106 cm³/mol. The fourth-order valence-corrected chi connectivity index (χ4v) is 3.71. The molecule has 1 aliphatic rings. The summed E-state index contributed by atoms with van der Waals surface area (Å²) in [6, 6.07) is 19.3. The molecule has 0 bridgehead atoms.